The summed E-state index contributed by atoms with van der Waals surface area (Å²) in [6.07, 6.45) is 0.734. The van der Waals surface area contributed by atoms with Crippen LogP contribution >= 0.6 is 11.8 Å². The van der Waals surface area contributed by atoms with Gasteiger partial charge in [0.1, 0.15) is 11.5 Å². The number of para-hydroxylation sites is 1. The van der Waals surface area contributed by atoms with E-state index in [1.807, 2.05) is 59.5 Å². The van der Waals surface area contributed by atoms with E-state index in [0.29, 0.717) is 13.1 Å². The van der Waals surface area contributed by atoms with Gasteiger partial charge in [-0.25, -0.2) is 0 Å². The van der Waals surface area contributed by atoms with Crippen molar-refractivity contribution < 1.29 is 14.3 Å². The van der Waals surface area contributed by atoms with Gasteiger partial charge in [0, 0.05) is 20.0 Å². The van der Waals surface area contributed by atoms with Gasteiger partial charge in [-0.2, -0.15) is 0 Å². The Morgan fingerprint density at radius 3 is 2.46 bits per heavy atom. The minimum absolute atomic E-state index is 0.00221. The number of hydrogen-bond donors (Lipinski definition) is 0. The fourth-order valence-corrected chi connectivity index (χ4v) is 3.56. The molecule has 1 fully saturated rings. The molecule has 1 atom stereocenters. The van der Waals surface area contributed by atoms with Gasteiger partial charge in [-0.15, -0.1) is 0 Å². The van der Waals surface area contributed by atoms with E-state index in [1.54, 1.807) is 0 Å². The standard InChI is InChI=1S/C19H19NO3S/c1-14(21)24-18-11-12-20(19(18)22)13-15-7-9-17(10-8-15)23-16-5-3-2-4-6-16/h2-10,18H,11-13H2,1H3. The summed E-state index contributed by atoms with van der Waals surface area (Å²) in [5.41, 5.74) is 1.05. The fourth-order valence-electron chi connectivity index (χ4n) is 2.68. The van der Waals surface area contributed by atoms with Gasteiger partial charge in [-0.05, 0) is 36.2 Å². The second kappa shape index (κ2) is 7.53. The Morgan fingerprint density at radius 2 is 1.79 bits per heavy atom. The van der Waals surface area contributed by atoms with Crippen LogP contribution < -0.4 is 4.74 Å². The van der Waals surface area contributed by atoms with Gasteiger partial charge in [0.2, 0.25) is 5.91 Å². The van der Waals surface area contributed by atoms with Crippen LogP contribution in [-0.2, 0) is 16.1 Å². The summed E-state index contributed by atoms with van der Waals surface area (Å²) in [6, 6.07) is 17.4. The lowest BCUT2D eigenvalue weighted by molar-refractivity contribution is -0.128. The second-order valence-electron chi connectivity index (χ2n) is 5.71. The summed E-state index contributed by atoms with van der Waals surface area (Å²) in [5.74, 6) is 1.62. The van der Waals surface area contributed by atoms with Crippen LogP contribution in [0.2, 0.25) is 0 Å². The van der Waals surface area contributed by atoms with Crippen molar-refractivity contribution in [3.8, 4) is 11.5 Å². The third-order valence-corrected chi connectivity index (χ3v) is 4.89. The molecule has 2 aromatic rings. The number of thioether (sulfide) groups is 1. The zero-order valence-electron chi connectivity index (χ0n) is 13.5. The number of likely N-dealkylation sites (tertiary alicyclic amines) is 1. The van der Waals surface area contributed by atoms with Crippen LogP contribution in [-0.4, -0.2) is 27.7 Å². The van der Waals surface area contributed by atoms with Crippen molar-refractivity contribution in [1.29, 1.82) is 0 Å². The quantitative estimate of drug-likeness (QED) is 0.828. The topological polar surface area (TPSA) is 46.6 Å². The van der Waals surface area contributed by atoms with Gasteiger partial charge in [0.05, 0.1) is 5.25 Å². The molecule has 0 spiro atoms. The van der Waals surface area contributed by atoms with Crippen molar-refractivity contribution in [2.45, 2.75) is 25.1 Å². The molecule has 2 aromatic carbocycles. The van der Waals surface area contributed by atoms with Crippen molar-refractivity contribution >= 4 is 22.8 Å². The maximum atomic E-state index is 12.3. The Labute approximate surface area is 145 Å². The molecular formula is C19H19NO3S. The lowest BCUT2D eigenvalue weighted by Crippen LogP contribution is -2.28. The highest BCUT2D eigenvalue weighted by molar-refractivity contribution is 8.14. The molecule has 1 saturated heterocycles. The number of benzene rings is 2. The van der Waals surface area contributed by atoms with Crippen LogP contribution in [0.4, 0.5) is 0 Å². The summed E-state index contributed by atoms with van der Waals surface area (Å²) in [4.78, 5) is 25.3. The zero-order chi connectivity index (χ0) is 16.9. The molecule has 0 saturated carbocycles. The number of nitrogens with zero attached hydrogens (tertiary/aromatic N) is 1. The van der Waals surface area contributed by atoms with Gasteiger partial charge in [-0.3, -0.25) is 9.59 Å². The Balaban J connectivity index is 1.58. The molecule has 1 aliphatic heterocycles. The predicted molar refractivity (Wildman–Crippen MR) is 95.1 cm³/mol. The van der Waals surface area contributed by atoms with Crippen molar-refractivity contribution in [2.75, 3.05) is 6.54 Å². The highest BCUT2D eigenvalue weighted by Crippen LogP contribution is 2.27. The van der Waals surface area contributed by atoms with Crippen molar-refractivity contribution in [2.24, 2.45) is 0 Å². The Hall–Kier alpha value is -2.27. The molecule has 24 heavy (non-hydrogen) atoms. The molecule has 0 aromatic heterocycles. The van der Waals surface area contributed by atoms with E-state index >= 15 is 0 Å². The van der Waals surface area contributed by atoms with Crippen molar-refractivity contribution in [3.05, 3.63) is 60.2 Å². The Kier molecular flexibility index (Phi) is 5.20. The molecule has 1 unspecified atom stereocenters. The average molecular weight is 341 g/mol. The van der Waals surface area contributed by atoms with E-state index in [9.17, 15) is 9.59 Å². The largest absolute Gasteiger partial charge is 0.457 e. The molecule has 4 nitrogen and oxygen atoms in total. The number of carbonyl (C=O) groups is 2. The molecular weight excluding hydrogens is 322 g/mol. The van der Waals surface area contributed by atoms with E-state index in [1.165, 1.54) is 6.92 Å². The monoisotopic (exact) mass is 341 g/mol. The molecule has 0 aliphatic carbocycles. The van der Waals surface area contributed by atoms with E-state index < -0.39 is 0 Å². The summed E-state index contributed by atoms with van der Waals surface area (Å²) >= 11 is 1.14. The van der Waals surface area contributed by atoms with E-state index in [2.05, 4.69) is 0 Å². The highest BCUT2D eigenvalue weighted by atomic mass is 32.2. The SMILES string of the molecule is CC(=O)SC1CCN(Cc2ccc(Oc3ccccc3)cc2)C1=O. The normalized spacial score (nSPS) is 17.1. The van der Waals surface area contributed by atoms with Crippen LogP contribution in [0.25, 0.3) is 0 Å². The lowest BCUT2D eigenvalue weighted by Gasteiger charge is -2.16. The van der Waals surface area contributed by atoms with Gasteiger partial charge in [-0.1, -0.05) is 42.1 Å². The van der Waals surface area contributed by atoms with Gasteiger partial charge in [0.15, 0.2) is 5.12 Å². The lowest BCUT2D eigenvalue weighted by atomic mass is 10.2. The third-order valence-electron chi connectivity index (χ3n) is 3.83. The zero-order valence-corrected chi connectivity index (χ0v) is 14.3. The van der Waals surface area contributed by atoms with Gasteiger partial charge >= 0.3 is 0 Å². The molecule has 1 aliphatic rings. The predicted octanol–water partition coefficient (Wildman–Crippen LogP) is 3.86. The Morgan fingerprint density at radius 1 is 1.12 bits per heavy atom. The first-order valence-electron chi connectivity index (χ1n) is 7.89. The molecule has 124 valence electrons. The Bertz CT molecular complexity index is 715. The first-order valence-corrected chi connectivity index (χ1v) is 8.77. The summed E-state index contributed by atoms with van der Waals surface area (Å²) in [7, 11) is 0. The first kappa shape index (κ1) is 16.6. The molecule has 0 bridgehead atoms. The van der Waals surface area contributed by atoms with Crippen LogP contribution in [0, 0.1) is 0 Å². The summed E-state index contributed by atoms with van der Waals surface area (Å²) < 4.78 is 5.76. The summed E-state index contributed by atoms with van der Waals surface area (Å²) in [6.45, 7) is 2.78. The molecule has 1 heterocycles. The minimum atomic E-state index is -0.219. The molecule has 5 heteroatoms. The summed E-state index contributed by atoms with van der Waals surface area (Å²) in [5, 5.41) is -0.221. The number of carbonyl (C=O) groups excluding carboxylic acids is 2. The average Bonchev–Trinajstić information content (AvgIpc) is 2.90. The highest BCUT2D eigenvalue weighted by Gasteiger charge is 2.32. The maximum Gasteiger partial charge on any atom is 0.236 e. The molecule has 0 N–H and O–H groups in total. The number of amides is 1. The minimum Gasteiger partial charge on any atom is -0.457 e. The number of ether oxygens (including phenoxy) is 1. The van der Waals surface area contributed by atoms with Crippen molar-refractivity contribution in [3.63, 3.8) is 0 Å². The molecule has 1 amide bonds. The molecule has 3 rings (SSSR count). The number of rotatable bonds is 5. The maximum absolute atomic E-state index is 12.3. The number of hydrogen-bond acceptors (Lipinski definition) is 4. The van der Waals surface area contributed by atoms with Crippen LogP contribution in [0.1, 0.15) is 18.9 Å². The van der Waals surface area contributed by atoms with Crippen molar-refractivity contribution in [1.82, 2.24) is 4.90 Å². The van der Waals surface area contributed by atoms with E-state index in [4.69, 9.17) is 4.74 Å². The smallest absolute Gasteiger partial charge is 0.236 e. The van der Waals surface area contributed by atoms with E-state index in [0.717, 1.165) is 35.2 Å². The van der Waals surface area contributed by atoms with Crippen LogP contribution in [0.5, 0.6) is 11.5 Å². The first-order chi connectivity index (χ1) is 11.6. The van der Waals surface area contributed by atoms with Crippen LogP contribution in [0.3, 0.4) is 0 Å². The van der Waals surface area contributed by atoms with Gasteiger partial charge < -0.3 is 9.64 Å². The third kappa shape index (κ3) is 4.17. The van der Waals surface area contributed by atoms with Gasteiger partial charge in [0.25, 0.3) is 0 Å². The fraction of sp³-hybridized carbons (Fsp3) is 0.263. The second-order valence-corrected chi connectivity index (χ2v) is 7.09. The van der Waals surface area contributed by atoms with E-state index in [-0.39, 0.29) is 16.3 Å². The molecule has 0 radical (unpaired) electrons. The van der Waals surface area contributed by atoms with Crippen LogP contribution in [0.15, 0.2) is 54.6 Å².